The summed E-state index contributed by atoms with van der Waals surface area (Å²) in [6.07, 6.45) is 0.636. The van der Waals surface area contributed by atoms with Crippen LogP contribution in [-0.2, 0) is 24.3 Å². The lowest BCUT2D eigenvalue weighted by Gasteiger charge is -2.28. The average molecular weight is 463 g/mol. The van der Waals surface area contributed by atoms with Crippen molar-refractivity contribution in [2.45, 2.75) is 19.5 Å². The topological polar surface area (TPSA) is 62.5 Å². The minimum Gasteiger partial charge on any atom is -0.480 e. The van der Waals surface area contributed by atoms with Gasteiger partial charge in [0.2, 0.25) is 0 Å². The number of carbonyl (C=O) groups excluding carboxylic acids is 1. The standard InChI is InChI=1S/C24H19BrN2O3/c25-20-9-4-6-15-16(20)7-3-8-18(15)24(30)26-12-11-22-19(13-26)17-5-1-2-10-21(17)27(22)14-23(28)29/h1-10H,11-14H2,(H,28,29). The number of nitrogens with zero attached hydrogens (tertiary/aromatic N) is 2. The molecule has 1 N–H and O–H groups in total. The molecule has 0 aliphatic carbocycles. The number of fused-ring (bicyclic) bond motifs is 4. The zero-order chi connectivity index (χ0) is 20.8. The highest BCUT2D eigenvalue weighted by molar-refractivity contribution is 9.10. The first-order chi connectivity index (χ1) is 14.5. The van der Waals surface area contributed by atoms with Crippen LogP contribution in [0.2, 0.25) is 0 Å². The van der Waals surface area contributed by atoms with Gasteiger partial charge in [0, 0.05) is 51.7 Å². The summed E-state index contributed by atoms with van der Waals surface area (Å²) in [6.45, 7) is 0.971. The summed E-state index contributed by atoms with van der Waals surface area (Å²) in [6, 6.07) is 19.5. The number of carboxylic acid groups (broad SMARTS) is 1. The molecule has 5 rings (SSSR count). The molecule has 3 aromatic carbocycles. The molecule has 1 amide bonds. The second-order valence-electron chi connectivity index (χ2n) is 7.54. The smallest absolute Gasteiger partial charge is 0.323 e. The third kappa shape index (κ3) is 2.99. The van der Waals surface area contributed by atoms with E-state index in [1.54, 1.807) is 0 Å². The Morgan fingerprint density at radius 2 is 1.67 bits per heavy atom. The van der Waals surface area contributed by atoms with E-state index in [1.807, 2.05) is 70.1 Å². The molecule has 150 valence electrons. The van der Waals surface area contributed by atoms with Gasteiger partial charge in [-0.05, 0) is 29.0 Å². The SMILES string of the molecule is O=C(O)Cn1c2c(c3ccccc31)CN(C(=O)c1cccc3c(Br)cccc13)CC2. The lowest BCUT2D eigenvalue weighted by molar-refractivity contribution is -0.137. The molecule has 0 unspecified atom stereocenters. The van der Waals surface area contributed by atoms with Crippen molar-refractivity contribution in [3.05, 3.63) is 82.0 Å². The average Bonchev–Trinajstić information content (AvgIpc) is 3.06. The Morgan fingerprint density at radius 1 is 0.933 bits per heavy atom. The second-order valence-corrected chi connectivity index (χ2v) is 8.39. The monoisotopic (exact) mass is 462 g/mol. The van der Waals surface area contributed by atoms with Crippen molar-refractivity contribution in [2.75, 3.05) is 6.54 Å². The van der Waals surface area contributed by atoms with Crippen LogP contribution in [0.5, 0.6) is 0 Å². The van der Waals surface area contributed by atoms with E-state index in [1.165, 1.54) is 0 Å². The van der Waals surface area contributed by atoms with E-state index in [4.69, 9.17) is 0 Å². The van der Waals surface area contributed by atoms with Gasteiger partial charge in [-0.3, -0.25) is 9.59 Å². The fourth-order valence-corrected chi connectivity index (χ4v) is 5.02. The first-order valence-electron chi connectivity index (χ1n) is 9.82. The number of amides is 1. The van der Waals surface area contributed by atoms with E-state index in [-0.39, 0.29) is 12.5 Å². The lowest BCUT2D eigenvalue weighted by Crippen LogP contribution is -2.36. The summed E-state index contributed by atoms with van der Waals surface area (Å²) in [5, 5.41) is 12.3. The molecule has 0 spiro atoms. The summed E-state index contributed by atoms with van der Waals surface area (Å²) in [5.74, 6) is -0.863. The van der Waals surface area contributed by atoms with Crippen LogP contribution in [0.3, 0.4) is 0 Å². The summed E-state index contributed by atoms with van der Waals surface area (Å²) >= 11 is 3.57. The number of aromatic nitrogens is 1. The first kappa shape index (κ1) is 18.9. The predicted octanol–water partition coefficient (Wildman–Crippen LogP) is 4.84. The van der Waals surface area contributed by atoms with Gasteiger partial charge in [0.25, 0.3) is 5.91 Å². The van der Waals surface area contributed by atoms with Crippen LogP contribution in [0.1, 0.15) is 21.6 Å². The molecule has 0 radical (unpaired) electrons. The molecule has 4 aromatic rings. The molecule has 5 nitrogen and oxygen atoms in total. The Labute approximate surface area is 181 Å². The van der Waals surface area contributed by atoms with Crippen molar-refractivity contribution >= 4 is 49.5 Å². The van der Waals surface area contributed by atoms with E-state index < -0.39 is 5.97 Å². The molecule has 0 fully saturated rings. The molecule has 2 heterocycles. The van der Waals surface area contributed by atoms with E-state index in [0.717, 1.165) is 37.4 Å². The van der Waals surface area contributed by atoms with E-state index in [2.05, 4.69) is 15.9 Å². The van der Waals surface area contributed by atoms with Crippen molar-refractivity contribution < 1.29 is 14.7 Å². The highest BCUT2D eigenvalue weighted by atomic mass is 79.9. The zero-order valence-electron chi connectivity index (χ0n) is 16.1. The molecule has 0 bridgehead atoms. The summed E-state index contributed by atoms with van der Waals surface area (Å²) in [4.78, 5) is 26.8. The van der Waals surface area contributed by atoms with E-state index in [0.29, 0.717) is 25.1 Å². The fraction of sp³-hybridized carbons (Fsp3) is 0.167. The Balaban J connectivity index is 1.56. The van der Waals surface area contributed by atoms with Crippen molar-refractivity contribution in [1.29, 1.82) is 0 Å². The first-order valence-corrected chi connectivity index (χ1v) is 10.6. The van der Waals surface area contributed by atoms with Crippen LogP contribution in [0.4, 0.5) is 0 Å². The Kier molecular flexibility index (Phi) is 4.59. The van der Waals surface area contributed by atoms with Crippen molar-refractivity contribution in [3.8, 4) is 0 Å². The lowest BCUT2D eigenvalue weighted by atomic mass is 10.0. The number of halogens is 1. The molecule has 0 saturated carbocycles. The van der Waals surface area contributed by atoms with Crippen molar-refractivity contribution in [3.63, 3.8) is 0 Å². The van der Waals surface area contributed by atoms with Crippen LogP contribution in [-0.4, -0.2) is 33.0 Å². The predicted molar refractivity (Wildman–Crippen MR) is 120 cm³/mol. The Hall–Kier alpha value is -3.12. The summed E-state index contributed by atoms with van der Waals surface area (Å²) in [5.41, 5.74) is 3.66. The molecule has 1 aliphatic heterocycles. The van der Waals surface area contributed by atoms with Crippen LogP contribution in [0.15, 0.2) is 65.1 Å². The maximum absolute atomic E-state index is 13.5. The van der Waals surface area contributed by atoms with E-state index >= 15 is 0 Å². The number of hydrogen-bond acceptors (Lipinski definition) is 2. The van der Waals surface area contributed by atoms with Gasteiger partial charge in [0.1, 0.15) is 6.54 Å². The van der Waals surface area contributed by atoms with Gasteiger partial charge in [-0.25, -0.2) is 0 Å². The van der Waals surface area contributed by atoms with Gasteiger partial charge in [0.05, 0.1) is 0 Å². The molecule has 0 saturated heterocycles. The largest absolute Gasteiger partial charge is 0.480 e. The molecular formula is C24H19BrN2O3. The van der Waals surface area contributed by atoms with Crippen LogP contribution >= 0.6 is 15.9 Å². The van der Waals surface area contributed by atoms with Crippen LogP contribution in [0, 0.1) is 0 Å². The number of hydrogen-bond donors (Lipinski definition) is 1. The third-order valence-electron chi connectivity index (χ3n) is 5.84. The number of aliphatic carboxylic acids is 1. The molecule has 6 heteroatoms. The minimum atomic E-state index is -0.863. The number of carbonyl (C=O) groups is 2. The van der Waals surface area contributed by atoms with Crippen LogP contribution in [0.25, 0.3) is 21.7 Å². The van der Waals surface area contributed by atoms with Gasteiger partial charge in [0.15, 0.2) is 0 Å². The van der Waals surface area contributed by atoms with Gasteiger partial charge < -0.3 is 14.6 Å². The normalized spacial score (nSPS) is 13.6. The molecule has 1 aromatic heterocycles. The maximum Gasteiger partial charge on any atom is 0.323 e. The number of para-hydroxylation sites is 1. The molecule has 1 aliphatic rings. The van der Waals surface area contributed by atoms with Crippen molar-refractivity contribution in [1.82, 2.24) is 9.47 Å². The minimum absolute atomic E-state index is 0.000541. The Morgan fingerprint density at radius 3 is 2.50 bits per heavy atom. The zero-order valence-corrected chi connectivity index (χ0v) is 17.7. The van der Waals surface area contributed by atoms with Gasteiger partial charge in [-0.1, -0.05) is 58.4 Å². The number of carboxylic acids is 1. The number of benzene rings is 3. The van der Waals surface area contributed by atoms with Crippen LogP contribution < -0.4 is 0 Å². The highest BCUT2D eigenvalue weighted by Gasteiger charge is 2.28. The Bertz CT molecular complexity index is 1330. The third-order valence-corrected chi connectivity index (χ3v) is 6.53. The summed E-state index contributed by atoms with van der Waals surface area (Å²) < 4.78 is 2.84. The molecule has 30 heavy (non-hydrogen) atoms. The number of rotatable bonds is 3. The van der Waals surface area contributed by atoms with Crippen molar-refractivity contribution in [2.24, 2.45) is 0 Å². The quantitative estimate of drug-likeness (QED) is 0.473. The van der Waals surface area contributed by atoms with Gasteiger partial charge in [-0.2, -0.15) is 0 Å². The molecular weight excluding hydrogens is 444 g/mol. The maximum atomic E-state index is 13.5. The van der Waals surface area contributed by atoms with E-state index in [9.17, 15) is 14.7 Å². The second kappa shape index (κ2) is 7.29. The molecule has 0 atom stereocenters. The summed E-state index contributed by atoms with van der Waals surface area (Å²) in [7, 11) is 0. The fourth-order valence-electron chi connectivity index (χ4n) is 4.52. The van der Waals surface area contributed by atoms with Gasteiger partial charge >= 0.3 is 5.97 Å². The van der Waals surface area contributed by atoms with Gasteiger partial charge in [-0.15, -0.1) is 0 Å². The highest BCUT2D eigenvalue weighted by Crippen LogP contribution is 2.33.